The lowest BCUT2D eigenvalue weighted by Gasteiger charge is -2.34. The van der Waals surface area contributed by atoms with Crippen LogP contribution >= 0.6 is 0 Å². The lowest BCUT2D eigenvalue weighted by molar-refractivity contribution is 0.140. The Bertz CT molecular complexity index is 247. The molecular weight excluding hydrogens is 236 g/mol. The van der Waals surface area contributed by atoms with Gasteiger partial charge in [-0.3, -0.25) is 4.90 Å². The molecule has 1 rings (SSSR count). The second kappa shape index (κ2) is 9.51. The zero-order valence-electron chi connectivity index (χ0n) is 13.2. The van der Waals surface area contributed by atoms with Gasteiger partial charge in [0.1, 0.15) is 0 Å². The van der Waals surface area contributed by atoms with E-state index in [0.717, 1.165) is 13.2 Å². The number of ether oxygens (including phenoxy) is 1. The van der Waals surface area contributed by atoms with Gasteiger partial charge in [0.2, 0.25) is 0 Å². The third-order valence-corrected chi connectivity index (χ3v) is 3.82. The minimum atomic E-state index is 0.532. The first-order valence-corrected chi connectivity index (χ1v) is 7.76. The molecule has 0 aromatic carbocycles. The van der Waals surface area contributed by atoms with Crippen molar-refractivity contribution >= 4 is 0 Å². The van der Waals surface area contributed by atoms with Crippen LogP contribution in [0.3, 0.4) is 0 Å². The summed E-state index contributed by atoms with van der Waals surface area (Å²) in [4.78, 5) is 2.55. The second-order valence-corrected chi connectivity index (χ2v) is 5.96. The first kappa shape index (κ1) is 16.7. The third kappa shape index (κ3) is 7.09. The number of methoxy groups -OCH3 is 1. The van der Waals surface area contributed by atoms with E-state index in [1.54, 1.807) is 7.11 Å². The van der Waals surface area contributed by atoms with Gasteiger partial charge in [-0.05, 0) is 46.2 Å². The first-order valence-electron chi connectivity index (χ1n) is 7.76. The van der Waals surface area contributed by atoms with Crippen LogP contribution < -0.4 is 5.32 Å². The van der Waals surface area contributed by atoms with E-state index in [1.165, 1.54) is 44.3 Å². The van der Waals surface area contributed by atoms with Gasteiger partial charge in [-0.2, -0.15) is 0 Å². The van der Waals surface area contributed by atoms with Crippen LogP contribution in [0.1, 0.15) is 46.5 Å². The molecular formula is C16H32N2O. The van der Waals surface area contributed by atoms with Crippen molar-refractivity contribution in [3.8, 4) is 0 Å². The summed E-state index contributed by atoms with van der Waals surface area (Å²) in [5.74, 6) is 0. The van der Waals surface area contributed by atoms with E-state index in [9.17, 15) is 0 Å². The van der Waals surface area contributed by atoms with Gasteiger partial charge in [-0.15, -0.1) is 0 Å². The fourth-order valence-electron chi connectivity index (χ4n) is 2.69. The van der Waals surface area contributed by atoms with Crippen LogP contribution in [0.15, 0.2) is 11.6 Å². The number of nitrogens with zero attached hydrogens (tertiary/aromatic N) is 1. The molecule has 3 heteroatoms. The molecule has 1 unspecified atom stereocenters. The van der Waals surface area contributed by atoms with E-state index in [0.29, 0.717) is 12.1 Å². The SMILES string of the molecule is CCCC(COC)NC1CCN(CC=C(C)C)CC1. The van der Waals surface area contributed by atoms with Gasteiger partial charge < -0.3 is 10.1 Å². The Hall–Kier alpha value is -0.380. The van der Waals surface area contributed by atoms with Gasteiger partial charge in [-0.25, -0.2) is 0 Å². The van der Waals surface area contributed by atoms with Crippen LogP contribution in [0.4, 0.5) is 0 Å². The highest BCUT2D eigenvalue weighted by atomic mass is 16.5. The molecule has 1 aliphatic heterocycles. The molecule has 0 spiro atoms. The van der Waals surface area contributed by atoms with Crippen LogP contribution in [0.5, 0.6) is 0 Å². The molecule has 3 nitrogen and oxygen atoms in total. The molecule has 0 saturated carbocycles. The Labute approximate surface area is 119 Å². The van der Waals surface area contributed by atoms with E-state index >= 15 is 0 Å². The van der Waals surface area contributed by atoms with Gasteiger partial charge in [-0.1, -0.05) is 25.0 Å². The minimum Gasteiger partial charge on any atom is -0.383 e. The summed E-state index contributed by atoms with van der Waals surface area (Å²) in [7, 11) is 1.80. The fraction of sp³-hybridized carbons (Fsp3) is 0.875. The highest BCUT2D eigenvalue weighted by Crippen LogP contribution is 2.12. The number of rotatable bonds is 8. The van der Waals surface area contributed by atoms with E-state index in [1.807, 2.05) is 0 Å². The molecule has 0 aromatic rings. The van der Waals surface area contributed by atoms with E-state index < -0.39 is 0 Å². The number of allylic oxidation sites excluding steroid dienone is 1. The Kier molecular flexibility index (Phi) is 8.35. The summed E-state index contributed by atoms with van der Waals surface area (Å²) in [6, 6.07) is 1.21. The van der Waals surface area contributed by atoms with Crippen LogP contribution in [-0.4, -0.2) is 50.3 Å². The molecule has 0 amide bonds. The average molecular weight is 268 g/mol. The maximum absolute atomic E-state index is 5.30. The predicted molar refractivity (Wildman–Crippen MR) is 82.6 cm³/mol. The van der Waals surface area contributed by atoms with Gasteiger partial charge >= 0.3 is 0 Å². The molecule has 0 aliphatic carbocycles. The second-order valence-electron chi connectivity index (χ2n) is 5.96. The van der Waals surface area contributed by atoms with Crippen LogP contribution in [0, 0.1) is 0 Å². The molecule has 1 aliphatic rings. The summed E-state index contributed by atoms with van der Waals surface area (Å²) in [6.07, 6.45) is 7.30. The van der Waals surface area contributed by atoms with Crippen molar-refractivity contribution in [2.45, 2.75) is 58.5 Å². The fourth-order valence-corrected chi connectivity index (χ4v) is 2.69. The molecule has 0 radical (unpaired) electrons. The summed E-state index contributed by atoms with van der Waals surface area (Å²) < 4.78 is 5.30. The normalized spacial score (nSPS) is 19.4. The number of nitrogens with one attached hydrogen (secondary N) is 1. The quantitative estimate of drug-likeness (QED) is 0.685. The standard InChI is InChI=1S/C16H32N2O/c1-5-6-16(13-19-4)17-15-8-11-18(12-9-15)10-7-14(2)3/h7,15-17H,5-6,8-13H2,1-4H3. The van der Waals surface area contributed by atoms with Crippen LogP contribution in [0.25, 0.3) is 0 Å². The van der Waals surface area contributed by atoms with Gasteiger partial charge in [0.15, 0.2) is 0 Å². The van der Waals surface area contributed by atoms with Gasteiger partial charge in [0, 0.05) is 25.7 Å². The highest BCUT2D eigenvalue weighted by Gasteiger charge is 2.20. The lowest BCUT2D eigenvalue weighted by Crippen LogP contribution is -2.47. The van der Waals surface area contributed by atoms with Crippen molar-refractivity contribution in [1.82, 2.24) is 10.2 Å². The number of hydrogen-bond acceptors (Lipinski definition) is 3. The molecule has 1 saturated heterocycles. The molecule has 19 heavy (non-hydrogen) atoms. The van der Waals surface area contributed by atoms with Crippen molar-refractivity contribution in [2.75, 3.05) is 33.4 Å². The average Bonchev–Trinajstić information content (AvgIpc) is 2.38. The molecule has 1 atom stereocenters. The zero-order valence-corrected chi connectivity index (χ0v) is 13.2. The highest BCUT2D eigenvalue weighted by molar-refractivity contribution is 4.95. The minimum absolute atomic E-state index is 0.532. The van der Waals surface area contributed by atoms with Crippen molar-refractivity contribution in [1.29, 1.82) is 0 Å². The monoisotopic (exact) mass is 268 g/mol. The smallest absolute Gasteiger partial charge is 0.0615 e. The van der Waals surface area contributed by atoms with E-state index in [-0.39, 0.29) is 0 Å². The summed E-state index contributed by atoms with van der Waals surface area (Å²) in [5, 5.41) is 3.78. The van der Waals surface area contributed by atoms with Crippen molar-refractivity contribution < 1.29 is 4.74 Å². The summed E-state index contributed by atoms with van der Waals surface area (Å²) in [5.41, 5.74) is 1.42. The molecule has 0 bridgehead atoms. The predicted octanol–water partition coefficient (Wildman–Crippen LogP) is 2.82. The Morgan fingerprint density at radius 1 is 1.37 bits per heavy atom. The maximum Gasteiger partial charge on any atom is 0.0615 e. The Balaban J connectivity index is 2.26. The Morgan fingerprint density at radius 3 is 2.58 bits per heavy atom. The summed E-state index contributed by atoms with van der Waals surface area (Å²) >= 11 is 0. The maximum atomic E-state index is 5.30. The third-order valence-electron chi connectivity index (χ3n) is 3.82. The Morgan fingerprint density at radius 2 is 2.05 bits per heavy atom. The van der Waals surface area contributed by atoms with Crippen molar-refractivity contribution in [3.05, 3.63) is 11.6 Å². The summed E-state index contributed by atoms with van der Waals surface area (Å²) in [6.45, 7) is 11.0. The molecule has 0 aromatic heterocycles. The topological polar surface area (TPSA) is 24.5 Å². The first-order chi connectivity index (χ1) is 9.15. The molecule has 1 heterocycles. The van der Waals surface area contributed by atoms with E-state index in [2.05, 4.69) is 37.1 Å². The van der Waals surface area contributed by atoms with Crippen LogP contribution in [0.2, 0.25) is 0 Å². The molecule has 112 valence electrons. The lowest BCUT2D eigenvalue weighted by atomic mass is 10.0. The molecule has 1 N–H and O–H groups in total. The van der Waals surface area contributed by atoms with Gasteiger partial charge in [0.25, 0.3) is 0 Å². The number of piperidine rings is 1. The largest absolute Gasteiger partial charge is 0.383 e. The molecule has 1 fully saturated rings. The number of hydrogen-bond donors (Lipinski definition) is 1. The zero-order chi connectivity index (χ0) is 14.1. The number of likely N-dealkylation sites (tertiary alicyclic amines) is 1. The van der Waals surface area contributed by atoms with Gasteiger partial charge in [0.05, 0.1) is 6.61 Å². The van der Waals surface area contributed by atoms with Crippen LogP contribution in [-0.2, 0) is 4.74 Å². The van der Waals surface area contributed by atoms with E-state index in [4.69, 9.17) is 4.74 Å². The van der Waals surface area contributed by atoms with Crippen molar-refractivity contribution in [2.24, 2.45) is 0 Å². The van der Waals surface area contributed by atoms with Crippen molar-refractivity contribution in [3.63, 3.8) is 0 Å².